The minimum Gasteiger partial charge on any atom is -0.481 e. The molecule has 0 aromatic heterocycles. The van der Waals surface area contributed by atoms with E-state index in [1.165, 1.54) is 24.3 Å². The molecule has 0 aliphatic rings. The number of nitro groups is 1. The Morgan fingerprint density at radius 2 is 2.00 bits per heavy atom. The summed E-state index contributed by atoms with van der Waals surface area (Å²) in [7, 11) is 0. The summed E-state index contributed by atoms with van der Waals surface area (Å²) >= 11 is 0. The zero-order chi connectivity index (χ0) is 14.4. The fraction of sp³-hybridized carbons (Fsp3) is 0.273. The zero-order valence-electron chi connectivity index (χ0n) is 10.3. The molecule has 8 nitrogen and oxygen atoms in total. The van der Waals surface area contributed by atoms with Gasteiger partial charge in [0.05, 0.1) is 23.4 Å². The Bertz CT molecular complexity index is 479. The summed E-state index contributed by atoms with van der Waals surface area (Å²) in [6, 6.07) is 3.62. The highest BCUT2D eigenvalue weighted by Gasteiger charge is 2.20. The van der Waals surface area contributed by atoms with Crippen LogP contribution in [0.3, 0.4) is 0 Å². The molecule has 0 saturated carbocycles. The quantitative estimate of drug-likeness (QED) is 0.271. The van der Waals surface area contributed by atoms with Gasteiger partial charge in [0.25, 0.3) is 5.69 Å². The lowest BCUT2D eigenvalue weighted by molar-refractivity contribution is -0.384. The van der Waals surface area contributed by atoms with E-state index >= 15 is 0 Å². The van der Waals surface area contributed by atoms with Crippen LogP contribution < -0.4 is 11.1 Å². The van der Waals surface area contributed by atoms with Gasteiger partial charge in [-0.1, -0.05) is 0 Å². The van der Waals surface area contributed by atoms with Crippen molar-refractivity contribution < 1.29 is 19.6 Å². The molecule has 4 N–H and O–H groups in total. The van der Waals surface area contributed by atoms with Gasteiger partial charge in [-0.2, -0.15) is 0 Å². The molecular formula is C11H14IN3O5. The molecule has 0 aliphatic carbocycles. The molecule has 1 rings (SSSR count). The average Bonchev–Trinajstić information content (AvgIpc) is 2.37. The van der Waals surface area contributed by atoms with Crippen molar-refractivity contribution in [1.29, 1.82) is 0 Å². The molecule has 1 aromatic rings. The molecule has 0 bridgehead atoms. The molecule has 110 valence electrons. The number of nitro benzene ring substituents is 1. The molecule has 2 atom stereocenters. The fourth-order valence-corrected chi connectivity index (χ4v) is 1.46. The number of benzene rings is 1. The van der Waals surface area contributed by atoms with Gasteiger partial charge in [0.15, 0.2) is 0 Å². The number of aliphatic carboxylic acids is 1. The number of hydrogen-bond donors (Lipinski definition) is 3. The third-order valence-electron chi connectivity index (χ3n) is 2.45. The maximum Gasteiger partial charge on any atom is 0.305 e. The van der Waals surface area contributed by atoms with Crippen molar-refractivity contribution >= 4 is 47.6 Å². The highest BCUT2D eigenvalue weighted by molar-refractivity contribution is 14.0. The van der Waals surface area contributed by atoms with Crippen LogP contribution in [0, 0.1) is 10.1 Å². The predicted octanol–water partition coefficient (Wildman–Crippen LogP) is 0.994. The van der Waals surface area contributed by atoms with Crippen LogP contribution >= 0.6 is 24.0 Å². The summed E-state index contributed by atoms with van der Waals surface area (Å²) in [6.07, 6.45) is 0.114. The number of hydrogen-bond acceptors (Lipinski definition) is 6. The highest BCUT2D eigenvalue weighted by atomic mass is 127. The maximum atomic E-state index is 10.7. The molecule has 0 spiro atoms. The number of non-ortho nitro benzene ring substituents is 1. The number of nitrogens with zero attached hydrogens (tertiary/aromatic N) is 1. The lowest BCUT2D eigenvalue weighted by Crippen LogP contribution is -2.42. The van der Waals surface area contributed by atoms with Crippen molar-refractivity contribution in [2.24, 2.45) is 5.73 Å². The van der Waals surface area contributed by atoms with Crippen LogP contribution in [0.25, 0.3) is 0 Å². The molecule has 1 aromatic carbocycles. The number of aldehydes is 1. The lowest BCUT2D eigenvalue weighted by Gasteiger charge is -2.20. The lowest BCUT2D eigenvalue weighted by atomic mass is 10.1. The van der Waals surface area contributed by atoms with Crippen molar-refractivity contribution in [3.8, 4) is 0 Å². The Morgan fingerprint density at radius 1 is 1.45 bits per heavy atom. The van der Waals surface area contributed by atoms with Gasteiger partial charge in [-0.25, -0.2) is 0 Å². The highest BCUT2D eigenvalue weighted by Crippen LogP contribution is 2.17. The van der Waals surface area contributed by atoms with Crippen LogP contribution in [0.2, 0.25) is 0 Å². The second kappa shape index (κ2) is 8.43. The third-order valence-corrected chi connectivity index (χ3v) is 2.45. The zero-order valence-corrected chi connectivity index (χ0v) is 12.6. The first-order valence-electron chi connectivity index (χ1n) is 5.37. The van der Waals surface area contributed by atoms with Crippen LogP contribution in [0.4, 0.5) is 11.4 Å². The standard InChI is InChI=1S/C11H13N3O5.HI/c12-9(6-15)10(5-11(16)17)13-7-1-3-8(4-2-7)14(18)19;/h1-4,6,9-10,13H,5,12H2,(H,16,17);1H/t9-,10?;/m1./s1. The first-order valence-corrected chi connectivity index (χ1v) is 5.37. The average molecular weight is 395 g/mol. The van der Waals surface area contributed by atoms with E-state index in [1.54, 1.807) is 0 Å². The van der Waals surface area contributed by atoms with Crippen molar-refractivity contribution in [3.63, 3.8) is 0 Å². The van der Waals surface area contributed by atoms with Crippen LogP contribution in [-0.2, 0) is 9.59 Å². The monoisotopic (exact) mass is 395 g/mol. The molecular weight excluding hydrogens is 381 g/mol. The largest absolute Gasteiger partial charge is 0.481 e. The van der Waals surface area contributed by atoms with E-state index in [2.05, 4.69) is 5.32 Å². The van der Waals surface area contributed by atoms with Crippen molar-refractivity contribution in [2.45, 2.75) is 18.5 Å². The maximum absolute atomic E-state index is 10.7. The number of nitrogens with one attached hydrogen (secondary N) is 1. The Labute approximate surface area is 131 Å². The number of carboxylic acids is 1. The smallest absolute Gasteiger partial charge is 0.305 e. The minimum absolute atomic E-state index is 0. The first kappa shape index (κ1) is 18.2. The molecule has 1 unspecified atom stereocenters. The number of rotatable bonds is 7. The molecule has 0 radical (unpaired) electrons. The Hall–Kier alpha value is -1.75. The van der Waals surface area contributed by atoms with Gasteiger partial charge in [-0.3, -0.25) is 14.9 Å². The molecule has 20 heavy (non-hydrogen) atoms. The first-order chi connectivity index (χ1) is 8.93. The van der Waals surface area contributed by atoms with Crippen LogP contribution in [-0.4, -0.2) is 34.4 Å². The van der Waals surface area contributed by atoms with Gasteiger partial charge in [0.1, 0.15) is 6.29 Å². The van der Waals surface area contributed by atoms with Gasteiger partial charge in [-0.15, -0.1) is 24.0 Å². The van der Waals surface area contributed by atoms with E-state index in [9.17, 15) is 19.7 Å². The predicted molar refractivity (Wildman–Crippen MR) is 82.2 cm³/mol. The number of carboxylic acid groups (broad SMARTS) is 1. The summed E-state index contributed by atoms with van der Waals surface area (Å²) in [4.78, 5) is 31.2. The minimum atomic E-state index is -1.10. The SMILES string of the molecule is I.N[C@H](C=O)C(CC(=O)O)Nc1ccc([N+](=O)[O-])cc1. The topological polar surface area (TPSA) is 136 Å². The van der Waals surface area contributed by atoms with Crippen molar-refractivity contribution in [1.82, 2.24) is 0 Å². The van der Waals surface area contributed by atoms with Crippen LogP contribution in [0.15, 0.2) is 24.3 Å². The molecule has 0 aliphatic heterocycles. The van der Waals surface area contributed by atoms with Gasteiger partial charge in [0.2, 0.25) is 0 Å². The third kappa shape index (κ3) is 5.48. The Morgan fingerprint density at radius 3 is 2.40 bits per heavy atom. The van der Waals surface area contributed by atoms with Crippen LogP contribution in [0.5, 0.6) is 0 Å². The number of nitrogens with two attached hydrogens (primary N) is 1. The molecule has 0 saturated heterocycles. The van der Waals surface area contributed by atoms with Gasteiger partial charge < -0.3 is 21.0 Å². The summed E-state index contributed by atoms with van der Waals surface area (Å²) in [5, 5.41) is 22.0. The van der Waals surface area contributed by atoms with E-state index in [-0.39, 0.29) is 36.1 Å². The van der Waals surface area contributed by atoms with Gasteiger partial charge in [-0.05, 0) is 12.1 Å². The van der Waals surface area contributed by atoms with E-state index in [4.69, 9.17) is 10.8 Å². The van der Waals surface area contributed by atoms with E-state index in [0.29, 0.717) is 12.0 Å². The molecule has 0 fully saturated rings. The molecule has 0 amide bonds. The summed E-state index contributed by atoms with van der Waals surface area (Å²) in [5.41, 5.74) is 5.86. The Kier molecular flexibility index (Phi) is 7.69. The summed E-state index contributed by atoms with van der Waals surface area (Å²) < 4.78 is 0. The fourth-order valence-electron chi connectivity index (χ4n) is 1.46. The second-order valence-electron chi connectivity index (χ2n) is 3.87. The van der Waals surface area contributed by atoms with E-state index in [0.717, 1.165) is 0 Å². The summed E-state index contributed by atoms with van der Waals surface area (Å²) in [6.45, 7) is 0. The molecule has 9 heteroatoms. The Balaban J connectivity index is 0.00000361. The van der Waals surface area contributed by atoms with E-state index < -0.39 is 23.0 Å². The molecule has 0 heterocycles. The number of carbonyl (C=O) groups excluding carboxylic acids is 1. The second-order valence-corrected chi connectivity index (χ2v) is 3.87. The van der Waals surface area contributed by atoms with Crippen molar-refractivity contribution in [2.75, 3.05) is 5.32 Å². The number of carbonyl (C=O) groups is 2. The van der Waals surface area contributed by atoms with Crippen LogP contribution in [0.1, 0.15) is 6.42 Å². The number of anilines is 1. The number of halogens is 1. The summed E-state index contributed by atoms with van der Waals surface area (Å²) in [5.74, 6) is -1.10. The van der Waals surface area contributed by atoms with E-state index in [1.807, 2.05) is 0 Å². The normalized spacial score (nSPS) is 12.7. The van der Waals surface area contributed by atoms with Gasteiger partial charge in [0, 0.05) is 17.8 Å². The van der Waals surface area contributed by atoms with Crippen molar-refractivity contribution in [3.05, 3.63) is 34.4 Å². The van der Waals surface area contributed by atoms with Gasteiger partial charge >= 0.3 is 5.97 Å².